The van der Waals surface area contributed by atoms with Crippen LogP contribution in [0.3, 0.4) is 0 Å². The van der Waals surface area contributed by atoms with E-state index in [0.29, 0.717) is 12.1 Å². The molecule has 2 aliphatic rings. The molecule has 2 saturated heterocycles. The van der Waals surface area contributed by atoms with E-state index in [1.165, 1.54) is 45.3 Å². The smallest absolute Gasteiger partial charge is 0.0240 e. The fourth-order valence-electron chi connectivity index (χ4n) is 3.47. The average molecular weight is 234 g/mol. The fourth-order valence-corrected chi connectivity index (χ4v) is 3.47. The molecular formula is C15H26N2. The summed E-state index contributed by atoms with van der Waals surface area (Å²) < 4.78 is 0. The Labute approximate surface area is 106 Å². The maximum absolute atomic E-state index is 5.47. The molecule has 3 atom stereocenters. The Morgan fingerprint density at radius 2 is 2.18 bits per heavy atom. The van der Waals surface area contributed by atoms with E-state index in [4.69, 9.17) is 6.42 Å². The predicted molar refractivity (Wildman–Crippen MR) is 72.9 cm³/mol. The van der Waals surface area contributed by atoms with Gasteiger partial charge in [-0.2, -0.15) is 0 Å². The minimum absolute atomic E-state index is 0.550. The summed E-state index contributed by atoms with van der Waals surface area (Å²) in [5, 5.41) is 0. The average Bonchev–Trinajstić information content (AvgIpc) is 2.37. The minimum atomic E-state index is 0.550. The second kappa shape index (κ2) is 5.89. The van der Waals surface area contributed by atoms with Gasteiger partial charge in [-0.15, -0.1) is 12.3 Å². The van der Waals surface area contributed by atoms with Gasteiger partial charge in [0, 0.05) is 37.6 Å². The van der Waals surface area contributed by atoms with E-state index in [9.17, 15) is 0 Å². The molecule has 96 valence electrons. The van der Waals surface area contributed by atoms with Gasteiger partial charge in [-0.25, -0.2) is 0 Å². The molecule has 0 amide bonds. The Bertz CT molecular complexity index is 281. The summed E-state index contributed by atoms with van der Waals surface area (Å²) in [6.07, 6.45) is 11.8. The lowest BCUT2D eigenvalue weighted by molar-refractivity contribution is -0.0106. The Kier molecular flexibility index (Phi) is 4.48. The number of piperidine rings is 1. The van der Waals surface area contributed by atoms with Gasteiger partial charge >= 0.3 is 0 Å². The zero-order valence-corrected chi connectivity index (χ0v) is 11.4. The van der Waals surface area contributed by atoms with Crippen molar-refractivity contribution in [3.63, 3.8) is 0 Å². The van der Waals surface area contributed by atoms with Crippen LogP contribution in [-0.2, 0) is 0 Å². The van der Waals surface area contributed by atoms with Gasteiger partial charge in [-0.1, -0.05) is 13.3 Å². The van der Waals surface area contributed by atoms with Crippen LogP contribution >= 0.6 is 0 Å². The molecule has 0 N–H and O–H groups in total. The van der Waals surface area contributed by atoms with Gasteiger partial charge in [0.15, 0.2) is 0 Å². The lowest BCUT2D eigenvalue weighted by Crippen LogP contribution is -2.61. The Balaban J connectivity index is 2.02. The topological polar surface area (TPSA) is 6.48 Å². The summed E-state index contributed by atoms with van der Waals surface area (Å²) in [6, 6.07) is 2.06. The van der Waals surface area contributed by atoms with Crippen molar-refractivity contribution < 1.29 is 0 Å². The van der Waals surface area contributed by atoms with E-state index in [1.54, 1.807) is 0 Å². The Morgan fingerprint density at radius 1 is 1.35 bits per heavy atom. The lowest BCUT2D eigenvalue weighted by Gasteiger charge is -2.50. The first kappa shape index (κ1) is 12.9. The second-order valence-corrected chi connectivity index (χ2v) is 5.66. The molecule has 2 aliphatic heterocycles. The molecule has 17 heavy (non-hydrogen) atoms. The predicted octanol–water partition coefficient (Wildman–Crippen LogP) is 2.35. The molecule has 0 bridgehead atoms. The van der Waals surface area contributed by atoms with Crippen LogP contribution in [0.2, 0.25) is 0 Å². The standard InChI is InChI=1S/C15H26N2/c1-4-8-13(3)17-12-15-9-6-7-10-16(15)11-14(17)5-2/h1,13-15H,5-12H2,2-3H3. The van der Waals surface area contributed by atoms with Crippen LogP contribution in [0.5, 0.6) is 0 Å². The van der Waals surface area contributed by atoms with E-state index >= 15 is 0 Å². The molecular weight excluding hydrogens is 208 g/mol. The van der Waals surface area contributed by atoms with E-state index in [1.807, 2.05) is 0 Å². The molecule has 2 rings (SSSR count). The highest BCUT2D eigenvalue weighted by atomic mass is 15.3. The van der Waals surface area contributed by atoms with Crippen molar-refractivity contribution in [1.82, 2.24) is 9.80 Å². The number of piperazine rings is 1. The quantitative estimate of drug-likeness (QED) is 0.692. The number of fused-ring (bicyclic) bond motifs is 1. The zero-order chi connectivity index (χ0) is 12.3. The highest BCUT2D eigenvalue weighted by Gasteiger charge is 2.35. The fraction of sp³-hybridized carbons (Fsp3) is 0.867. The Hall–Kier alpha value is -0.520. The molecule has 2 nitrogen and oxygen atoms in total. The van der Waals surface area contributed by atoms with Crippen molar-refractivity contribution in [2.45, 2.75) is 64.1 Å². The molecule has 0 aromatic carbocycles. The highest BCUT2D eigenvalue weighted by Crippen LogP contribution is 2.27. The largest absolute Gasteiger partial charge is 0.298 e. The third-order valence-electron chi connectivity index (χ3n) is 4.54. The first-order chi connectivity index (χ1) is 8.26. The van der Waals surface area contributed by atoms with Crippen LogP contribution in [0.1, 0.15) is 46.0 Å². The normalized spacial score (nSPS) is 32.8. The molecule has 0 aliphatic carbocycles. The molecule has 0 spiro atoms. The third kappa shape index (κ3) is 2.84. The number of hydrogen-bond acceptors (Lipinski definition) is 2. The molecule has 2 heteroatoms. The van der Waals surface area contributed by atoms with E-state index in [2.05, 4.69) is 29.6 Å². The van der Waals surface area contributed by atoms with Gasteiger partial charge in [0.25, 0.3) is 0 Å². The van der Waals surface area contributed by atoms with Gasteiger partial charge in [0.1, 0.15) is 0 Å². The molecule has 2 fully saturated rings. The van der Waals surface area contributed by atoms with Crippen LogP contribution in [0.4, 0.5) is 0 Å². The first-order valence-corrected chi connectivity index (χ1v) is 7.19. The molecule has 2 heterocycles. The van der Waals surface area contributed by atoms with Crippen LogP contribution in [0.25, 0.3) is 0 Å². The maximum Gasteiger partial charge on any atom is 0.0240 e. The van der Waals surface area contributed by atoms with Crippen LogP contribution in [-0.4, -0.2) is 47.6 Å². The van der Waals surface area contributed by atoms with Crippen molar-refractivity contribution in [1.29, 1.82) is 0 Å². The monoisotopic (exact) mass is 234 g/mol. The van der Waals surface area contributed by atoms with Gasteiger partial charge in [-0.3, -0.25) is 9.80 Å². The molecule has 0 aromatic heterocycles. The number of hydrogen-bond donors (Lipinski definition) is 0. The lowest BCUT2D eigenvalue weighted by atomic mass is 9.94. The van der Waals surface area contributed by atoms with E-state index < -0.39 is 0 Å². The Morgan fingerprint density at radius 3 is 2.88 bits per heavy atom. The summed E-state index contributed by atoms with van der Waals surface area (Å²) in [5.41, 5.74) is 0. The zero-order valence-electron chi connectivity index (χ0n) is 11.4. The number of rotatable bonds is 3. The molecule has 3 unspecified atom stereocenters. The van der Waals surface area contributed by atoms with Crippen molar-refractivity contribution in [2.24, 2.45) is 0 Å². The number of terminal acetylenes is 1. The third-order valence-corrected chi connectivity index (χ3v) is 4.54. The summed E-state index contributed by atoms with van der Waals surface area (Å²) >= 11 is 0. The van der Waals surface area contributed by atoms with Crippen LogP contribution in [0.15, 0.2) is 0 Å². The van der Waals surface area contributed by atoms with Crippen molar-refractivity contribution in [3.05, 3.63) is 0 Å². The summed E-state index contributed by atoms with van der Waals surface area (Å²) in [6.45, 7) is 8.42. The van der Waals surface area contributed by atoms with Crippen LogP contribution < -0.4 is 0 Å². The summed E-state index contributed by atoms with van der Waals surface area (Å²) in [7, 11) is 0. The maximum atomic E-state index is 5.47. The highest BCUT2D eigenvalue weighted by molar-refractivity contribution is 4.96. The van der Waals surface area contributed by atoms with Crippen molar-refractivity contribution >= 4 is 0 Å². The summed E-state index contributed by atoms with van der Waals surface area (Å²) in [5.74, 6) is 2.83. The van der Waals surface area contributed by atoms with Gasteiger partial charge in [-0.05, 0) is 32.7 Å². The van der Waals surface area contributed by atoms with Gasteiger partial charge < -0.3 is 0 Å². The molecule has 0 saturated carbocycles. The number of nitrogens with zero attached hydrogens (tertiary/aromatic N) is 2. The van der Waals surface area contributed by atoms with Crippen molar-refractivity contribution in [2.75, 3.05) is 19.6 Å². The van der Waals surface area contributed by atoms with Crippen molar-refractivity contribution in [3.8, 4) is 12.3 Å². The SMILES string of the molecule is C#CCC(C)N1CC2CCCCN2CC1CC. The summed E-state index contributed by atoms with van der Waals surface area (Å²) in [4.78, 5) is 5.39. The van der Waals surface area contributed by atoms with E-state index in [-0.39, 0.29) is 0 Å². The first-order valence-electron chi connectivity index (χ1n) is 7.19. The van der Waals surface area contributed by atoms with Gasteiger partial charge in [0.2, 0.25) is 0 Å². The van der Waals surface area contributed by atoms with Gasteiger partial charge in [0.05, 0.1) is 0 Å². The van der Waals surface area contributed by atoms with Crippen LogP contribution in [0, 0.1) is 12.3 Å². The minimum Gasteiger partial charge on any atom is -0.298 e. The molecule has 0 aromatic rings. The van der Waals surface area contributed by atoms with E-state index in [0.717, 1.165) is 12.5 Å². The molecule has 0 radical (unpaired) electrons. The second-order valence-electron chi connectivity index (χ2n) is 5.66.